The second kappa shape index (κ2) is 6.76. The van der Waals surface area contributed by atoms with Crippen LogP contribution in [0.3, 0.4) is 0 Å². The molecule has 19 heavy (non-hydrogen) atoms. The van der Waals surface area contributed by atoms with Gasteiger partial charge < -0.3 is 5.32 Å². The van der Waals surface area contributed by atoms with Gasteiger partial charge in [0.25, 0.3) is 5.91 Å². The zero-order valence-electron chi connectivity index (χ0n) is 11.1. The van der Waals surface area contributed by atoms with E-state index in [1.165, 1.54) is 19.3 Å². The number of hydrogen-bond acceptors (Lipinski definition) is 1. The van der Waals surface area contributed by atoms with Crippen molar-refractivity contribution in [2.24, 2.45) is 11.8 Å². The van der Waals surface area contributed by atoms with Gasteiger partial charge >= 0.3 is 0 Å². The monoisotopic (exact) mass is 343 g/mol. The Morgan fingerprint density at radius 1 is 1.42 bits per heavy atom. The smallest absolute Gasteiger partial charge is 0.251 e. The average Bonchev–Trinajstić information content (AvgIpc) is 2.86. The van der Waals surface area contributed by atoms with Gasteiger partial charge in [0.1, 0.15) is 0 Å². The lowest BCUT2D eigenvalue weighted by Gasteiger charge is -2.17. The molecule has 2 rings (SSSR count). The van der Waals surface area contributed by atoms with Crippen LogP contribution in [0, 0.1) is 18.8 Å². The number of hydrogen-bond donors (Lipinski definition) is 1. The van der Waals surface area contributed by atoms with Crippen molar-refractivity contribution in [2.45, 2.75) is 26.2 Å². The number of rotatable bonds is 4. The molecule has 2 unspecified atom stereocenters. The minimum absolute atomic E-state index is 0.000854. The lowest BCUT2D eigenvalue weighted by molar-refractivity contribution is 0.0944. The molecule has 1 aromatic rings. The molecule has 1 saturated carbocycles. The van der Waals surface area contributed by atoms with Crippen LogP contribution in [-0.2, 0) is 0 Å². The second-order valence-electron chi connectivity index (χ2n) is 5.28. The van der Waals surface area contributed by atoms with Crippen LogP contribution in [0.15, 0.2) is 22.7 Å². The highest BCUT2D eigenvalue weighted by atomic mass is 79.9. The first-order valence-electron chi connectivity index (χ1n) is 6.72. The molecular formula is C15H19BrClNO. The normalized spacial score (nSPS) is 22.5. The van der Waals surface area contributed by atoms with Gasteiger partial charge in [0.05, 0.1) is 0 Å². The number of carbonyl (C=O) groups is 1. The van der Waals surface area contributed by atoms with Gasteiger partial charge in [-0.05, 0) is 49.3 Å². The van der Waals surface area contributed by atoms with Gasteiger partial charge in [-0.25, -0.2) is 0 Å². The van der Waals surface area contributed by atoms with Crippen molar-refractivity contribution in [3.63, 3.8) is 0 Å². The van der Waals surface area contributed by atoms with Crippen LogP contribution < -0.4 is 5.32 Å². The Hall–Kier alpha value is -0.540. The van der Waals surface area contributed by atoms with Gasteiger partial charge in [-0.15, -0.1) is 11.6 Å². The summed E-state index contributed by atoms with van der Waals surface area (Å²) in [6, 6.07) is 5.69. The van der Waals surface area contributed by atoms with E-state index in [1.807, 2.05) is 25.1 Å². The van der Waals surface area contributed by atoms with Crippen molar-refractivity contribution in [1.82, 2.24) is 5.32 Å². The van der Waals surface area contributed by atoms with Gasteiger partial charge in [0, 0.05) is 22.5 Å². The van der Waals surface area contributed by atoms with E-state index < -0.39 is 0 Å². The Bertz CT molecular complexity index is 463. The van der Waals surface area contributed by atoms with E-state index in [2.05, 4.69) is 21.2 Å². The minimum atomic E-state index is 0.000854. The molecule has 0 bridgehead atoms. The van der Waals surface area contributed by atoms with Crippen LogP contribution in [0.25, 0.3) is 0 Å². The maximum Gasteiger partial charge on any atom is 0.251 e. The summed E-state index contributed by atoms with van der Waals surface area (Å²) >= 11 is 9.41. The molecule has 0 radical (unpaired) electrons. The van der Waals surface area contributed by atoms with Crippen LogP contribution in [0.5, 0.6) is 0 Å². The number of halogens is 2. The van der Waals surface area contributed by atoms with E-state index in [1.54, 1.807) is 0 Å². The van der Waals surface area contributed by atoms with Gasteiger partial charge in [-0.1, -0.05) is 28.4 Å². The van der Waals surface area contributed by atoms with Gasteiger partial charge in [-0.3, -0.25) is 4.79 Å². The molecule has 1 fully saturated rings. The SMILES string of the molecule is Cc1ccc(C(=O)NCC2CCCC2CCl)cc1Br. The van der Waals surface area contributed by atoms with Gasteiger partial charge in [0.15, 0.2) is 0 Å². The minimum Gasteiger partial charge on any atom is -0.352 e. The van der Waals surface area contributed by atoms with Crippen molar-refractivity contribution in [3.05, 3.63) is 33.8 Å². The zero-order chi connectivity index (χ0) is 13.8. The van der Waals surface area contributed by atoms with Crippen molar-refractivity contribution in [3.8, 4) is 0 Å². The molecule has 0 heterocycles. The summed E-state index contributed by atoms with van der Waals surface area (Å²) in [5, 5.41) is 3.03. The van der Waals surface area contributed by atoms with Crippen LogP contribution in [-0.4, -0.2) is 18.3 Å². The summed E-state index contributed by atoms with van der Waals surface area (Å²) < 4.78 is 0.972. The Morgan fingerprint density at radius 2 is 2.16 bits per heavy atom. The highest BCUT2D eigenvalue weighted by Gasteiger charge is 2.26. The molecule has 104 valence electrons. The molecule has 0 aliphatic heterocycles. The first-order chi connectivity index (χ1) is 9.11. The fourth-order valence-electron chi connectivity index (χ4n) is 2.65. The molecule has 1 aliphatic carbocycles. The fraction of sp³-hybridized carbons (Fsp3) is 0.533. The predicted molar refractivity (Wildman–Crippen MR) is 82.8 cm³/mol. The van der Waals surface area contributed by atoms with E-state index in [0.717, 1.165) is 16.6 Å². The Kier molecular flexibility index (Phi) is 5.28. The van der Waals surface area contributed by atoms with Gasteiger partial charge in [-0.2, -0.15) is 0 Å². The Balaban J connectivity index is 1.92. The molecule has 1 aliphatic rings. The van der Waals surface area contributed by atoms with Crippen LogP contribution >= 0.6 is 27.5 Å². The quantitative estimate of drug-likeness (QED) is 0.817. The van der Waals surface area contributed by atoms with E-state index in [-0.39, 0.29) is 5.91 Å². The number of nitrogens with one attached hydrogen (secondary N) is 1. The predicted octanol–water partition coefficient (Wildman–Crippen LogP) is 4.14. The second-order valence-corrected chi connectivity index (χ2v) is 6.44. The van der Waals surface area contributed by atoms with Crippen molar-refractivity contribution in [1.29, 1.82) is 0 Å². The lowest BCUT2D eigenvalue weighted by Crippen LogP contribution is -2.31. The van der Waals surface area contributed by atoms with E-state index in [9.17, 15) is 4.79 Å². The number of aryl methyl sites for hydroxylation is 1. The molecule has 1 aromatic carbocycles. The molecule has 1 amide bonds. The lowest BCUT2D eigenvalue weighted by atomic mass is 9.98. The van der Waals surface area contributed by atoms with Crippen LogP contribution in [0.1, 0.15) is 35.2 Å². The number of benzene rings is 1. The number of alkyl halides is 1. The largest absolute Gasteiger partial charge is 0.352 e. The highest BCUT2D eigenvalue weighted by molar-refractivity contribution is 9.10. The maximum atomic E-state index is 12.1. The molecule has 2 nitrogen and oxygen atoms in total. The summed E-state index contributed by atoms with van der Waals surface area (Å²) in [5.41, 5.74) is 1.84. The third kappa shape index (κ3) is 3.73. The number of amides is 1. The first-order valence-corrected chi connectivity index (χ1v) is 8.05. The zero-order valence-corrected chi connectivity index (χ0v) is 13.4. The first kappa shape index (κ1) is 14.9. The summed E-state index contributed by atoms with van der Waals surface area (Å²) in [6.07, 6.45) is 3.60. The highest BCUT2D eigenvalue weighted by Crippen LogP contribution is 2.32. The van der Waals surface area contributed by atoms with Gasteiger partial charge in [0.2, 0.25) is 0 Å². The van der Waals surface area contributed by atoms with Crippen LogP contribution in [0.4, 0.5) is 0 Å². The number of carbonyl (C=O) groups excluding carboxylic acids is 1. The summed E-state index contributed by atoms with van der Waals surface area (Å²) in [6.45, 7) is 2.75. The molecule has 1 N–H and O–H groups in total. The standard InChI is InChI=1S/C15H19BrClNO/c1-10-5-6-11(7-14(10)16)15(19)18-9-13-4-2-3-12(13)8-17/h5-7,12-13H,2-4,8-9H2,1H3,(H,18,19). The Morgan fingerprint density at radius 3 is 2.84 bits per heavy atom. The topological polar surface area (TPSA) is 29.1 Å². The molecule has 4 heteroatoms. The average molecular weight is 345 g/mol. The fourth-order valence-corrected chi connectivity index (χ4v) is 3.43. The van der Waals surface area contributed by atoms with Crippen LogP contribution in [0.2, 0.25) is 0 Å². The van der Waals surface area contributed by atoms with Crippen molar-refractivity contribution < 1.29 is 4.79 Å². The molecule has 0 aromatic heterocycles. The molecule has 0 spiro atoms. The van der Waals surface area contributed by atoms with Crippen molar-refractivity contribution >= 4 is 33.4 Å². The van der Waals surface area contributed by atoms with E-state index in [0.29, 0.717) is 23.3 Å². The molecular weight excluding hydrogens is 326 g/mol. The van der Waals surface area contributed by atoms with Crippen molar-refractivity contribution in [2.75, 3.05) is 12.4 Å². The Labute approximate surface area is 128 Å². The molecule has 2 atom stereocenters. The maximum absolute atomic E-state index is 12.1. The molecule has 0 saturated heterocycles. The summed E-state index contributed by atoms with van der Waals surface area (Å²) in [4.78, 5) is 12.1. The summed E-state index contributed by atoms with van der Waals surface area (Å²) in [7, 11) is 0. The summed E-state index contributed by atoms with van der Waals surface area (Å²) in [5.74, 6) is 1.80. The van der Waals surface area contributed by atoms with E-state index in [4.69, 9.17) is 11.6 Å². The third-order valence-corrected chi connectivity index (χ3v) is 5.22. The third-order valence-electron chi connectivity index (χ3n) is 3.97. The van der Waals surface area contributed by atoms with E-state index >= 15 is 0 Å².